The quantitative estimate of drug-likeness (QED) is 0.172. The predicted octanol–water partition coefficient (Wildman–Crippen LogP) is 16.9. The summed E-state index contributed by atoms with van der Waals surface area (Å²) in [4.78, 5) is 16.1. The first-order chi connectivity index (χ1) is 34.2. The Morgan fingerprint density at radius 3 is 1.68 bits per heavy atom. The number of fused-ring (bicyclic) bond motifs is 14. The third-order valence-corrected chi connectivity index (χ3v) is 14.0. The van der Waals surface area contributed by atoms with Crippen LogP contribution >= 0.6 is 0 Å². The standard InChI is InChI=1S/C63H36N4O2/c1-2-12-37(13-3-1)38-22-24-41(25-23-38)61-64-62(44-28-30-56-49(33-44)48-20-10-11-21-55(48)68-56)66-63(65-61)52-36-45(35-51-59-47-19-9-7-15-40(47)27-31-57(59)69-60(51)52)67-53-29-26-39-14-6-8-18-46(39)58(53)50-32-42-16-4-5-17-43(42)34-54(50)67/h1-36H. The average Bonchev–Trinajstić information content (AvgIpc) is 4.09. The Morgan fingerprint density at radius 2 is 0.884 bits per heavy atom. The van der Waals surface area contributed by atoms with Gasteiger partial charge in [-0.25, -0.2) is 15.0 Å². The Balaban J connectivity index is 1.05. The fourth-order valence-electron chi connectivity index (χ4n) is 10.7. The highest BCUT2D eigenvalue weighted by molar-refractivity contribution is 6.24. The first-order valence-electron chi connectivity index (χ1n) is 23.2. The van der Waals surface area contributed by atoms with Gasteiger partial charge >= 0.3 is 0 Å². The molecule has 0 atom stereocenters. The molecule has 15 aromatic rings. The van der Waals surface area contributed by atoms with Gasteiger partial charge in [0.1, 0.15) is 22.3 Å². The third kappa shape index (κ3) is 5.82. The highest BCUT2D eigenvalue weighted by Crippen LogP contribution is 2.44. The van der Waals surface area contributed by atoms with E-state index in [1.165, 1.54) is 32.3 Å². The second-order valence-corrected chi connectivity index (χ2v) is 17.9. The van der Waals surface area contributed by atoms with Crippen molar-refractivity contribution in [3.8, 4) is 51.0 Å². The summed E-state index contributed by atoms with van der Waals surface area (Å²) >= 11 is 0. The van der Waals surface area contributed by atoms with Crippen LogP contribution in [0.15, 0.2) is 227 Å². The topological polar surface area (TPSA) is 69.9 Å². The van der Waals surface area contributed by atoms with Crippen LogP contribution in [0, 0.1) is 0 Å². The summed E-state index contributed by atoms with van der Waals surface area (Å²) in [5, 5.41) is 13.5. The van der Waals surface area contributed by atoms with Gasteiger partial charge < -0.3 is 13.4 Å². The lowest BCUT2D eigenvalue weighted by atomic mass is 10.0. The van der Waals surface area contributed by atoms with Gasteiger partial charge in [-0.2, -0.15) is 0 Å². The molecule has 6 nitrogen and oxygen atoms in total. The number of furan rings is 2. The SMILES string of the molecule is c1ccc(-c2ccc(-c3nc(-c4ccc5oc6ccccc6c5c4)nc(-c4cc(-n5c6cc7ccccc7cc6c6c7ccccc7ccc65)cc5c4oc4ccc6ccccc6c45)n3)cc2)cc1. The minimum atomic E-state index is 0.506. The van der Waals surface area contributed by atoms with Crippen molar-refractivity contribution in [1.82, 2.24) is 19.5 Å². The maximum atomic E-state index is 7.04. The van der Waals surface area contributed by atoms with Gasteiger partial charge in [0.15, 0.2) is 17.5 Å². The lowest BCUT2D eigenvalue weighted by Crippen LogP contribution is -2.02. The highest BCUT2D eigenvalue weighted by Gasteiger charge is 2.24. The van der Waals surface area contributed by atoms with E-state index < -0.39 is 0 Å². The van der Waals surface area contributed by atoms with Crippen molar-refractivity contribution in [3.05, 3.63) is 218 Å². The monoisotopic (exact) mass is 880 g/mol. The molecule has 0 saturated carbocycles. The normalized spacial score (nSPS) is 12.1. The molecule has 15 rings (SSSR count). The molecule has 320 valence electrons. The minimum absolute atomic E-state index is 0.506. The second kappa shape index (κ2) is 14.6. The van der Waals surface area contributed by atoms with E-state index >= 15 is 0 Å². The molecule has 0 aliphatic carbocycles. The van der Waals surface area contributed by atoms with Gasteiger partial charge in [0.05, 0.1) is 16.6 Å². The zero-order valence-electron chi connectivity index (χ0n) is 36.9. The Labute approximate surface area is 394 Å². The van der Waals surface area contributed by atoms with Gasteiger partial charge in [0.2, 0.25) is 0 Å². The third-order valence-electron chi connectivity index (χ3n) is 14.0. The van der Waals surface area contributed by atoms with E-state index in [1.807, 2.05) is 36.4 Å². The van der Waals surface area contributed by atoms with Crippen LogP contribution in [-0.2, 0) is 0 Å². The summed E-state index contributed by atoms with van der Waals surface area (Å²) in [5.41, 5.74) is 11.1. The molecule has 0 radical (unpaired) electrons. The van der Waals surface area contributed by atoms with Crippen LogP contribution < -0.4 is 0 Å². The van der Waals surface area contributed by atoms with E-state index in [2.05, 4.69) is 187 Å². The van der Waals surface area contributed by atoms with Crippen LogP contribution in [0.1, 0.15) is 0 Å². The van der Waals surface area contributed by atoms with Crippen LogP contribution in [0.25, 0.3) is 149 Å². The maximum Gasteiger partial charge on any atom is 0.167 e. The summed E-state index contributed by atoms with van der Waals surface area (Å²) in [6.45, 7) is 0. The van der Waals surface area contributed by atoms with E-state index in [0.29, 0.717) is 23.1 Å². The zero-order chi connectivity index (χ0) is 45.2. The Morgan fingerprint density at radius 1 is 0.304 bits per heavy atom. The molecule has 0 bridgehead atoms. The average molecular weight is 881 g/mol. The molecule has 69 heavy (non-hydrogen) atoms. The maximum absolute atomic E-state index is 7.04. The second-order valence-electron chi connectivity index (χ2n) is 17.9. The van der Waals surface area contributed by atoms with Crippen LogP contribution in [0.2, 0.25) is 0 Å². The van der Waals surface area contributed by atoms with Crippen LogP contribution in [0.5, 0.6) is 0 Å². The number of rotatable bonds is 5. The van der Waals surface area contributed by atoms with E-state index in [1.54, 1.807) is 0 Å². The molecular formula is C63H36N4O2. The summed E-state index contributed by atoms with van der Waals surface area (Å²) in [5.74, 6) is 1.61. The molecule has 0 aliphatic rings. The summed E-state index contributed by atoms with van der Waals surface area (Å²) in [6, 6.07) is 77.0. The lowest BCUT2D eigenvalue weighted by molar-refractivity contribution is 0.669. The smallest absolute Gasteiger partial charge is 0.167 e. The number of nitrogens with zero attached hydrogens (tertiary/aromatic N) is 4. The molecule has 0 fully saturated rings. The number of benzene rings is 11. The highest BCUT2D eigenvalue weighted by atomic mass is 16.3. The molecule has 4 aromatic heterocycles. The summed E-state index contributed by atoms with van der Waals surface area (Å²) in [6.07, 6.45) is 0. The molecule has 0 saturated heterocycles. The number of hydrogen-bond donors (Lipinski definition) is 0. The van der Waals surface area contributed by atoms with Crippen LogP contribution in [0.4, 0.5) is 0 Å². The van der Waals surface area contributed by atoms with E-state index in [0.717, 1.165) is 93.6 Å². The van der Waals surface area contributed by atoms with Crippen molar-refractivity contribution in [3.63, 3.8) is 0 Å². The Hall–Kier alpha value is -9.39. The fourth-order valence-corrected chi connectivity index (χ4v) is 10.7. The summed E-state index contributed by atoms with van der Waals surface area (Å²) < 4.78 is 15.7. The van der Waals surface area contributed by atoms with Crippen molar-refractivity contribution >= 4 is 98.0 Å². The van der Waals surface area contributed by atoms with Crippen molar-refractivity contribution in [2.45, 2.75) is 0 Å². The van der Waals surface area contributed by atoms with Gasteiger partial charge in [-0.15, -0.1) is 0 Å². The molecule has 11 aromatic carbocycles. The van der Waals surface area contributed by atoms with E-state index in [-0.39, 0.29) is 0 Å². The van der Waals surface area contributed by atoms with Crippen molar-refractivity contribution in [1.29, 1.82) is 0 Å². The Kier molecular flexibility index (Phi) is 7.97. The van der Waals surface area contributed by atoms with Crippen LogP contribution in [0.3, 0.4) is 0 Å². The molecule has 0 N–H and O–H groups in total. The Bertz CT molecular complexity index is 4600. The number of para-hydroxylation sites is 1. The molecule has 0 amide bonds. The lowest BCUT2D eigenvalue weighted by Gasteiger charge is -2.13. The van der Waals surface area contributed by atoms with Gasteiger partial charge in [0, 0.05) is 49.1 Å². The van der Waals surface area contributed by atoms with Gasteiger partial charge in [0.25, 0.3) is 0 Å². The molecular weight excluding hydrogens is 845 g/mol. The molecule has 0 unspecified atom stereocenters. The number of aromatic nitrogens is 4. The van der Waals surface area contributed by atoms with Gasteiger partial charge in [-0.1, -0.05) is 158 Å². The zero-order valence-corrected chi connectivity index (χ0v) is 36.9. The minimum Gasteiger partial charge on any atom is -0.456 e. The molecule has 0 spiro atoms. The largest absolute Gasteiger partial charge is 0.456 e. The molecule has 0 aliphatic heterocycles. The fraction of sp³-hybridized carbons (Fsp3) is 0. The first kappa shape index (κ1) is 37.8. The van der Waals surface area contributed by atoms with E-state index in [9.17, 15) is 0 Å². The van der Waals surface area contributed by atoms with Crippen molar-refractivity contribution in [2.75, 3.05) is 0 Å². The molecule has 4 heterocycles. The first-order valence-corrected chi connectivity index (χ1v) is 23.2. The molecule has 6 heteroatoms. The van der Waals surface area contributed by atoms with Gasteiger partial charge in [-0.05, 0) is 104 Å². The van der Waals surface area contributed by atoms with Crippen molar-refractivity contribution < 1.29 is 8.83 Å². The van der Waals surface area contributed by atoms with Crippen molar-refractivity contribution in [2.24, 2.45) is 0 Å². The number of hydrogen-bond acceptors (Lipinski definition) is 5. The predicted molar refractivity (Wildman–Crippen MR) is 283 cm³/mol. The van der Waals surface area contributed by atoms with E-state index in [4.69, 9.17) is 23.8 Å². The summed E-state index contributed by atoms with van der Waals surface area (Å²) in [7, 11) is 0. The van der Waals surface area contributed by atoms with Crippen LogP contribution in [-0.4, -0.2) is 19.5 Å². The van der Waals surface area contributed by atoms with Gasteiger partial charge in [-0.3, -0.25) is 0 Å².